The van der Waals surface area contributed by atoms with Crippen molar-refractivity contribution < 1.29 is 13.9 Å². The summed E-state index contributed by atoms with van der Waals surface area (Å²) in [7, 11) is 0. The lowest BCUT2D eigenvalue weighted by Gasteiger charge is -2.35. The summed E-state index contributed by atoms with van der Waals surface area (Å²) in [6.07, 6.45) is 0.504. The molecular formula is C14H20FNO2. The third-order valence-electron chi connectivity index (χ3n) is 3.00. The van der Waals surface area contributed by atoms with E-state index in [1.165, 1.54) is 6.07 Å². The highest BCUT2D eigenvalue weighted by molar-refractivity contribution is 5.23. The Labute approximate surface area is 107 Å². The molecule has 0 saturated carbocycles. The zero-order valence-electron chi connectivity index (χ0n) is 10.9. The van der Waals surface area contributed by atoms with E-state index >= 15 is 0 Å². The fourth-order valence-electron chi connectivity index (χ4n) is 2.31. The number of halogens is 1. The molecule has 1 aliphatic heterocycles. The van der Waals surface area contributed by atoms with Crippen LogP contribution in [-0.4, -0.2) is 43.3 Å². The lowest BCUT2D eigenvalue weighted by Crippen LogP contribution is -2.46. The van der Waals surface area contributed by atoms with Crippen LogP contribution in [0, 0.1) is 5.82 Å². The van der Waals surface area contributed by atoms with Crippen LogP contribution in [0.25, 0.3) is 0 Å². The predicted octanol–water partition coefficient (Wildman–Crippen LogP) is 2.31. The van der Waals surface area contributed by atoms with E-state index in [-0.39, 0.29) is 18.0 Å². The van der Waals surface area contributed by atoms with Gasteiger partial charge in [-0.25, -0.2) is 4.39 Å². The van der Waals surface area contributed by atoms with E-state index in [0.717, 1.165) is 19.6 Å². The molecular weight excluding hydrogens is 233 g/mol. The van der Waals surface area contributed by atoms with Crippen molar-refractivity contribution in [3.8, 4) is 5.75 Å². The van der Waals surface area contributed by atoms with Gasteiger partial charge in [0.2, 0.25) is 0 Å². The van der Waals surface area contributed by atoms with Crippen molar-refractivity contribution in [1.29, 1.82) is 0 Å². The molecule has 1 aromatic carbocycles. The van der Waals surface area contributed by atoms with Gasteiger partial charge in [-0.3, -0.25) is 4.90 Å². The van der Waals surface area contributed by atoms with Crippen LogP contribution in [0.3, 0.4) is 0 Å². The summed E-state index contributed by atoms with van der Waals surface area (Å²) in [5.74, 6) is 0.0214. The van der Waals surface area contributed by atoms with Crippen LogP contribution in [0.1, 0.15) is 13.8 Å². The number of para-hydroxylation sites is 1. The Hall–Kier alpha value is -1.13. The van der Waals surface area contributed by atoms with E-state index in [1.54, 1.807) is 18.2 Å². The van der Waals surface area contributed by atoms with Gasteiger partial charge in [0.05, 0.1) is 12.2 Å². The van der Waals surface area contributed by atoms with E-state index in [9.17, 15) is 4.39 Å². The number of morpholine rings is 1. The van der Waals surface area contributed by atoms with Gasteiger partial charge in [-0.1, -0.05) is 12.1 Å². The van der Waals surface area contributed by atoms with Gasteiger partial charge in [0.15, 0.2) is 11.6 Å². The number of nitrogens with zero attached hydrogens (tertiary/aromatic N) is 1. The van der Waals surface area contributed by atoms with Gasteiger partial charge in [-0.05, 0) is 26.0 Å². The van der Waals surface area contributed by atoms with Crippen LogP contribution in [-0.2, 0) is 4.74 Å². The van der Waals surface area contributed by atoms with E-state index in [0.29, 0.717) is 12.4 Å². The molecule has 0 spiro atoms. The molecule has 0 N–H and O–H groups in total. The Kier molecular flexibility index (Phi) is 4.55. The molecule has 18 heavy (non-hydrogen) atoms. The zero-order chi connectivity index (χ0) is 13.0. The average molecular weight is 253 g/mol. The van der Waals surface area contributed by atoms with Crippen molar-refractivity contribution in [1.82, 2.24) is 4.90 Å². The van der Waals surface area contributed by atoms with Crippen LogP contribution >= 0.6 is 0 Å². The second-order valence-corrected chi connectivity index (χ2v) is 4.80. The van der Waals surface area contributed by atoms with Gasteiger partial charge in [0.25, 0.3) is 0 Å². The summed E-state index contributed by atoms with van der Waals surface area (Å²) in [6, 6.07) is 6.50. The molecule has 0 aromatic heterocycles. The summed E-state index contributed by atoms with van der Waals surface area (Å²) in [6.45, 7) is 7.25. The van der Waals surface area contributed by atoms with Crippen molar-refractivity contribution >= 4 is 0 Å². The van der Waals surface area contributed by atoms with Gasteiger partial charge >= 0.3 is 0 Å². The monoisotopic (exact) mass is 253 g/mol. The van der Waals surface area contributed by atoms with Crippen LogP contribution < -0.4 is 4.74 Å². The minimum atomic E-state index is -0.304. The fraction of sp³-hybridized carbons (Fsp3) is 0.571. The van der Waals surface area contributed by atoms with Gasteiger partial charge in [0, 0.05) is 19.6 Å². The van der Waals surface area contributed by atoms with Crippen LogP contribution in [0.15, 0.2) is 24.3 Å². The van der Waals surface area contributed by atoms with Crippen molar-refractivity contribution in [3.05, 3.63) is 30.1 Å². The minimum absolute atomic E-state index is 0.252. The number of hydrogen-bond acceptors (Lipinski definition) is 3. The first-order valence-corrected chi connectivity index (χ1v) is 6.40. The Morgan fingerprint density at radius 3 is 2.61 bits per heavy atom. The quantitative estimate of drug-likeness (QED) is 0.822. The van der Waals surface area contributed by atoms with E-state index < -0.39 is 0 Å². The van der Waals surface area contributed by atoms with E-state index in [4.69, 9.17) is 9.47 Å². The first-order valence-electron chi connectivity index (χ1n) is 6.40. The molecule has 1 fully saturated rings. The Morgan fingerprint density at radius 2 is 1.94 bits per heavy atom. The number of ether oxygens (including phenoxy) is 2. The average Bonchev–Trinajstić information content (AvgIpc) is 2.30. The molecule has 1 saturated heterocycles. The Bertz CT molecular complexity index is 376. The third kappa shape index (κ3) is 3.68. The summed E-state index contributed by atoms with van der Waals surface area (Å²) in [5.41, 5.74) is 0. The Balaban J connectivity index is 1.77. The Morgan fingerprint density at radius 1 is 1.28 bits per heavy atom. The van der Waals surface area contributed by atoms with Crippen molar-refractivity contribution in [2.45, 2.75) is 26.1 Å². The van der Waals surface area contributed by atoms with Crippen molar-refractivity contribution in [2.24, 2.45) is 0 Å². The number of benzene rings is 1. The second kappa shape index (κ2) is 6.16. The van der Waals surface area contributed by atoms with Crippen LogP contribution in [0.2, 0.25) is 0 Å². The summed E-state index contributed by atoms with van der Waals surface area (Å²) in [4.78, 5) is 2.29. The molecule has 2 atom stereocenters. The standard InChI is InChI=1S/C14H20FNO2/c1-11-9-16(10-12(2)18-11)7-8-17-14-6-4-3-5-13(14)15/h3-6,11-12H,7-10H2,1-2H3. The van der Waals surface area contributed by atoms with Crippen LogP contribution in [0.5, 0.6) is 5.75 Å². The largest absolute Gasteiger partial charge is 0.489 e. The van der Waals surface area contributed by atoms with Crippen LogP contribution in [0.4, 0.5) is 4.39 Å². The lowest BCUT2D eigenvalue weighted by atomic mass is 10.2. The van der Waals surface area contributed by atoms with E-state index in [1.807, 2.05) is 0 Å². The van der Waals surface area contributed by atoms with E-state index in [2.05, 4.69) is 18.7 Å². The lowest BCUT2D eigenvalue weighted by molar-refractivity contribution is -0.0700. The zero-order valence-corrected chi connectivity index (χ0v) is 10.9. The minimum Gasteiger partial charge on any atom is -0.489 e. The molecule has 1 heterocycles. The maximum atomic E-state index is 13.3. The molecule has 4 heteroatoms. The van der Waals surface area contributed by atoms with Crippen molar-refractivity contribution in [3.63, 3.8) is 0 Å². The maximum absolute atomic E-state index is 13.3. The fourth-order valence-corrected chi connectivity index (χ4v) is 2.31. The molecule has 1 aromatic rings. The highest BCUT2D eigenvalue weighted by atomic mass is 19.1. The first kappa shape index (κ1) is 13.3. The van der Waals surface area contributed by atoms with Gasteiger partial charge in [-0.2, -0.15) is 0 Å². The van der Waals surface area contributed by atoms with Crippen molar-refractivity contribution in [2.75, 3.05) is 26.2 Å². The summed E-state index contributed by atoms with van der Waals surface area (Å²) in [5, 5.41) is 0. The molecule has 2 unspecified atom stereocenters. The predicted molar refractivity (Wildman–Crippen MR) is 68.3 cm³/mol. The normalized spacial score (nSPS) is 25.1. The SMILES string of the molecule is CC1CN(CCOc2ccccc2F)CC(C)O1. The summed E-state index contributed by atoms with van der Waals surface area (Å²) >= 11 is 0. The summed E-state index contributed by atoms with van der Waals surface area (Å²) < 4.78 is 24.4. The molecule has 2 rings (SSSR count). The number of hydrogen-bond donors (Lipinski definition) is 0. The first-order chi connectivity index (χ1) is 8.65. The smallest absolute Gasteiger partial charge is 0.165 e. The molecule has 0 aliphatic carbocycles. The molecule has 1 aliphatic rings. The van der Waals surface area contributed by atoms with Gasteiger partial charge in [0.1, 0.15) is 6.61 Å². The third-order valence-corrected chi connectivity index (χ3v) is 3.00. The second-order valence-electron chi connectivity index (χ2n) is 4.80. The number of rotatable bonds is 4. The highest BCUT2D eigenvalue weighted by Crippen LogP contribution is 2.15. The van der Waals surface area contributed by atoms with Gasteiger partial charge in [-0.15, -0.1) is 0 Å². The van der Waals surface area contributed by atoms with Gasteiger partial charge < -0.3 is 9.47 Å². The molecule has 3 nitrogen and oxygen atoms in total. The molecule has 0 radical (unpaired) electrons. The molecule has 0 bridgehead atoms. The molecule has 0 amide bonds. The molecule has 100 valence electrons. The highest BCUT2D eigenvalue weighted by Gasteiger charge is 2.21. The topological polar surface area (TPSA) is 21.7 Å². The maximum Gasteiger partial charge on any atom is 0.165 e.